The maximum Gasteiger partial charge on any atom is 0.165 e. The van der Waals surface area contributed by atoms with Crippen LogP contribution in [0.1, 0.15) is 18.1 Å². The molecule has 0 fully saturated rings. The summed E-state index contributed by atoms with van der Waals surface area (Å²) in [4.78, 5) is 0. The molecular formula is C16H15BrClFO2. The van der Waals surface area contributed by atoms with E-state index in [-0.39, 0.29) is 11.6 Å². The first kappa shape index (κ1) is 16.1. The Morgan fingerprint density at radius 1 is 1.10 bits per heavy atom. The Kier molecular flexibility index (Phi) is 5.88. The molecule has 0 amide bonds. The fourth-order valence-corrected chi connectivity index (χ4v) is 2.53. The lowest BCUT2D eigenvalue weighted by Gasteiger charge is -2.15. The fraction of sp³-hybridized carbons (Fsp3) is 0.250. The topological polar surface area (TPSA) is 18.5 Å². The minimum atomic E-state index is -0.448. The van der Waals surface area contributed by atoms with Crippen LogP contribution in [0.3, 0.4) is 0 Å². The van der Waals surface area contributed by atoms with Gasteiger partial charge >= 0.3 is 0 Å². The number of ether oxygens (including phenoxy) is 2. The van der Waals surface area contributed by atoms with E-state index in [1.807, 2.05) is 25.1 Å². The molecule has 0 saturated heterocycles. The van der Waals surface area contributed by atoms with E-state index in [1.54, 1.807) is 12.1 Å². The van der Waals surface area contributed by atoms with Gasteiger partial charge in [-0.15, -0.1) is 0 Å². The average Bonchev–Trinajstić information content (AvgIpc) is 2.49. The van der Waals surface area contributed by atoms with Gasteiger partial charge in [0, 0.05) is 16.5 Å². The van der Waals surface area contributed by atoms with Crippen molar-refractivity contribution in [3.8, 4) is 11.5 Å². The van der Waals surface area contributed by atoms with Crippen molar-refractivity contribution in [3.05, 3.63) is 58.4 Å². The number of benzene rings is 2. The number of para-hydroxylation sites is 1. The van der Waals surface area contributed by atoms with Gasteiger partial charge in [0.05, 0.1) is 11.6 Å². The van der Waals surface area contributed by atoms with E-state index in [4.69, 9.17) is 21.1 Å². The molecule has 112 valence electrons. The van der Waals surface area contributed by atoms with Gasteiger partial charge in [-0.2, -0.15) is 0 Å². The second-order valence-electron chi connectivity index (χ2n) is 4.31. The normalized spacial score (nSPS) is 10.5. The lowest BCUT2D eigenvalue weighted by Crippen LogP contribution is -2.03. The van der Waals surface area contributed by atoms with Gasteiger partial charge in [-0.25, -0.2) is 4.39 Å². The molecule has 0 aliphatic carbocycles. The summed E-state index contributed by atoms with van der Waals surface area (Å²) >= 11 is 9.36. The molecule has 21 heavy (non-hydrogen) atoms. The largest absolute Gasteiger partial charge is 0.490 e. The highest BCUT2D eigenvalue weighted by molar-refractivity contribution is 9.08. The van der Waals surface area contributed by atoms with Gasteiger partial charge in [0.15, 0.2) is 11.5 Å². The Hall–Kier alpha value is -1.26. The van der Waals surface area contributed by atoms with E-state index < -0.39 is 5.82 Å². The molecule has 0 spiro atoms. The summed E-state index contributed by atoms with van der Waals surface area (Å²) in [6.07, 6.45) is 0. The van der Waals surface area contributed by atoms with E-state index in [2.05, 4.69) is 15.9 Å². The van der Waals surface area contributed by atoms with Crippen LogP contribution < -0.4 is 9.47 Å². The summed E-state index contributed by atoms with van der Waals surface area (Å²) in [5, 5.41) is 0.729. The smallest absolute Gasteiger partial charge is 0.165 e. The zero-order valence-corrected chi connectivity index (χ0v) is 13.9. The van der Waals surface area contributed by atoms with Crippen molar-refractivity contribution in [1.29, 1.82) is 0 Å². The third-order valence-corrected chi connectivity index (χ3v) is 3.94. The predicted octanol–water partition coefficient (Wildman–Crippen LogP) is 5.35. The summed E-state index contributed by atoms with van der Waals surface area (Å²) in [7, 11) is 0. The monoisotopic (exact) mass is 372 g/mol. The molecule has 2 nitrogen and oxygen atoms in total. The van der Waals surface area contributed by atoms with Crippen molar-refractivity contribution in [1.82, 2.24) is 0 Å². The molecule has 0 radical (unpaired) electrons. The van der Waals surface area contributed by atoms with Crippen LogP contribution in [0.5, 0.6) is 11.5 Å². The Balaban J connectivity index is 2.24. The Labute approximate surface area is 137 Å². The summed E-state index contributed by atoms with van der Waals surface area (Å²) in [5.74, 6) is 0.870. The average molecular weight is 374 g/mol. The third kappa shape index (κ3) is 3.89. The molecule has 0 atom stereocenters. The van der Waals surface area contributed by atoms with Crippen molar-refractivity contribution in [2.75, 3.05) is 6.61 Å². The van der Waals surface area contributed by atoms with Crippen LogP contribution in [0, 0.1) is 5.82 Å². The molecule has 2 aromatic rings. The minimum absolute atomic E-state index is 0.0896. The lowest BCUT2D eigenvalue weighted by molar-refractivity contribution is 0.267. The number of halogens is 3. The van der Waals surface area contributed by atoms with Crippen LogP contribution in [0.25, 0.3) is 0 Å². The van der Waals surface area contributed by atoms with Crippen molar-refractivity contribution in [2.45, 2.75) is 18.9 Å². The Morgan fingerprint density at radius 2 is 1.81 bits per heavy atom. The Morgan fingerprint density at radius 3 is 2.52 bits per heavy atom. The van der Waals surface area contributed by atoms with E-state index in [9.17, 15) is 4.39 Å². The maximum atomic E-state index is 13.4. The number of alkyl halides is 1. The highest BCUT2D eigenvalue weighted by Gasteiger charge is 2.12. The van der Waals surface area contributed by atoms with Gasteiger partial charge in [-0.3, -0.25) is 0 Å². The van der Waals surface area contributed by atoms with Crippen LogP contribution >= 0.6 is 27.5 Å². The quantitative estimate of drug-likeness (QED) is 0.635. The first-order valence-corrected chi connectivity index (χ1v) is 8.03. The van der Waals surface area contributed by atoms with Crippen molar-refractivity contribution >= 4 is 27.5 Å². The molecule has 0 aliphatic heterocycles. The SMILES string of the molecule is CCOc1cccc(CBr)c1OCc1cccc(F)c1Cl. The summed E-state index contributed by atoms with van der Waals surface area (Å²) in [6, 6.07) is 10.4. The molecule has 0 unspecified atom stereocenters. The molecule has 0 N–H and O–H groups in total. The highest BCUT2D eigenvalue weighted by Crippen LogP contribution is 2.34. The lowest BCUT2D eigenvalue weighted by atomic mass is 10.2. The predicted molar refractivity (Wildman–Crippen MR) is 86.0 cm³/mol. The number of hydrogen-bond donors (Lipinski definition) is 0. The Bertz CT molecular complexity index is 619. The van der Waals surface area contributed by atoms with Gasteiger partial charge in [-0.05, 0) is 19.1 Å². The third-order valence-electron chi connectivity index (χ3n) is 2.91. The number of hydrogen-bond acceptors (Lipinski definition) is 2. The van der Waals surface area contributed by atoms with Crippen LogP contribution in [0.4, 0.5) is 4.39 Å². The molecule has 0 aliphatic rings. The zero-order valence-electron chi connectivity index (χ0n) is 11.5. The van der Waals surface area contributed by atoms with Crippen LogP contribution in [0.2, 0.25) is 5.02 Å². The van der Waals surface area contributed by atoms with E-state index in [0.717, 1.165) is 5.56 Å². The summed E-state index contributed by atoms with van der Waals surface area (Å²) in [6.45, 7) is 2.64. The van der Waals surface area contributed by atoms with E-state index in [0.29, 0.717) is 29.0 Å². The van der Waals surface area contributed by atoms with Crippen molar-refractivity contribution in [2.24, 2.45) is 0 Å². The number of rotatable bonds is 6. The van der Waals surface area contributed by atoms with Crippen molar-refractivity contribution < 1.29 is 13.9 Å². The van der Waals surface area contributed by atoms with E-state index in [1.165, 1.54) is 6.07 Å². The molecule has 0 bridgehead atoms. The summed E-state index contributed by atoms with van der Waals surface area (Å²) in [5.41, 5.74) is 1.57. The van der Waals surface area contributed by atoms with Crippen LogP contribution in [0.15, 0.2) is 36.4 Å². The first-order valence-electron chi connectivity index (χ1n) is 6.53. The molecular weight excluding hydrogens is 359 g/mol. The molecule has 0 saturated carbocycles. The standard InChI is InChI=1S/C16H15BrClFO2/c1-2-20-14-8-4-5-11(9-17)16(14)21-10-12-6-3-7-13(19)15(12)18/h3-8H,2,9-10H2,1H3. The molecule has 2 aromatic carbocycles. The van der Waals surface area contributed by atoms with Gasteiger partial charge in [0.25, 0.3) is 0 Å². The van der Waals surface area contributed by atoms with E-state index >= 15 is 0 Å². The second kappa shape index (κ2) is 7.66. The zero-order chi connectivity index (χ0) is 15.2. The van der Waals surface area contributed by atoms with Gasteiger partial charge in [0.1, 0.15) is 12.4 Å². The van der Waals surface area contributed by atoms with Gasteiger partial charge in [-0.1, -0.05) is 51.8 Å². The van der Waals surface area contributed by atoms with Crippen LogP contribution in [-0.4, -0.2) is 6.61 Å². The van der Waals surface area contributed by atoms with Crippen molar-refractivity contribution in [3.63, 3.8) is 0 Å². The fourth-order valence-electron chi connectivity index (χ4n) is 1.91. The maximum absolute atomic E-state index is 13.4. The highest BCUT2D eigenvalue weighted by atomic mass is 79.9. The minimum Gasteiger partial charge on any atom is -0.490 e. The van der Waals surface area contributed by atoms with Gasteiger partial charge < -0.3 is 9.47 Å². The first-order chi connectivity index (χ1) is 10.2. The second-order valence-corrected chi connectivity index (χ2v) is 5.25. The molecule has 5 heteroatoms. The van der Waals surface area contributed by atoms with Crippen LogP contribution in [-0.2, 0) is 11.9 Å². The molecule has 0 heterocycles. The molecule has 0 aromatic heterocycles. The molecule has 2 rings (SSSR count). The van der Waals surface area contributed by atoms with Gasteiger partial charge in [0.2, 0.25) is 0 Å². The summed E-state index contributed by atoms with van der Waals surface area (Å²) < 4.78 is 24.8.